The van der Waals surface area contributed by atoms with Crippen molar-refractivity contribution in [2.45, 2.75) is 6.61 Å². The van der Waals surface area contributed by atoms with Crippen LogP contribution >= 0.6 is 0 Å². The lowest BCUT2D eigenvalue weighted by Crippen LogP contribution is -2.40. The Balaban J connectivity index is 1.32. The fraction of sp³-hybridized carbons (Fsp3) is 0.227. The summed E-state index contributed by atoms with van der Waals surface area (Å²) in [5.74, 6) is 1.15. The Labute approximate surface area is 169 Å². The maximum Gasteiger partial charge on any atom is 0.257 e. The van der Waals surface area contributed by atoms with E-state index in [0.717, 1.165) is 17.0 Å². The van der Waals surface area contributed by atoms with Crippen molar-refractivity contribution in [1.29, 1.82) is 0 Å². The van der Waals surface area contributed by atoms with Crippen molar-refractivity contribution < 1.29 is 14.3 Å². The van der Waals surface area contributed by atoms with Crippen LogP contribution in [0.15, 0.2) is 67.0 Å². The van der Waals surface area contributed by atoms with Crippen molar-refractivity contribution in [2.24, 2.45) is 0 Å². The highest BCUT2D eigenvalue weighted by molar-refractivity contribution is 5.93. The van der Waals surface area contributed by atoms with Crippen molar-refractivity contribution in [1.82, 2.24) is 14.9 Å². The Morgan fingerprint density at radius 2 is 1.69 bits per heavy atom. The van der Waals surface area contributed by atoms with Gasteiger partial charge >= 0.3 is 0 Å². The monoisotopic (exact) mass is 390 g/mol. The van der Waals surface area contributed by atoms with Gasteiger partial charge in [0.2, 0.25) is 5.95 Å². The highest BCUT2D eigenvalue weighted by atomic mass is 16.5. The molecule has 2 heterocycles. The molecule has 0 unspecified atom stereocenters. The molecule has 29 heavy (non-hydrogen) atoms. The molecule has 0 atom stereocenters. The molecule has 0 saturated carbocycles. The lowest BCUT2D eigenvalue weighted by Gasteiger charge is -2.26. The zero-order valence-electron chi connectivity index (χ0n) is 16.0. The molecule has 3 aromatic rings. The van der Waals surface area contributed by atoms with Gasteiger partial charge in [-0.15, -0.1) is 0 Å². The predicted molar refractivity (Wildman–Crippen MR) is 109 cm³/mol. The van der Waals surface area contributed by atoms with E-state index in [4.69, 9.17) is 9.47 Å². The Hall–Kier alpha value is -3.45. The number of carbonyl (C=O) groups excluding carboxylic acids is 1. The van der Waals surface area contributed by atoms with E-state index in [9.17, 15) is 4.79 Å². The molecule has 2 aromatic carbocycles. The van der Waals surface area contributed by atoms with Crippen LogP contribution < -0.4 is 10.1 Å². The van der Waals surface area contributed by atoms with Crippen LogP contribution in [0.5, 0.6) is 5.75 Å². The van der Waals surface area contributed by atoms with Crippen LogP contribution in [0.3, 0.4) is 0 Å². The first-order valence-electron chi connectivity index (χ1n) is 9.51. The first kappa shape index (κ1) is 18.9. The van der Waals surface area contributed by atoms with Crippen LogP contribution in [-0.4, -0.2) is 47.1 Å². The van der Waals surface area contributed by atoms with Crippen molar-refractivity contribution in [3.05, 3.63) is 78.1 Å². The minimum absolute atomic E-state index is 0.0697. The first-order valence-corrected chi connectivity index (χ1v) is 9.51. The summed E-state index contributed by atoms with van der Waals surface area (Å²) in [4.78, 5) is 22.7. The summed E-state index contributed by atoms with van der Waals surface area (Å²) in [5, 5.41) is 3.13. The third kappa shape index (κ3) is 5.08. The lowest BCUT2D eigenvalue weighted by atomic mass is 10.2. The molecule has 1 saturated heterocycles. The molecule has 0 spiro atoms. The predicted octanol–water partition coefficient (Wildman–Crippen LogP) is 3.27. The number of nitrogens with one attached hydrogen (secondary N) is 1. The van der Waals surface area contributed by atoms with E-state index in [0.29, 0.717) is 44.4 Å². The van der Waals surface area contributed by atoms with Gasteiger partial charge in [0.05, 0.1) is 18.8 Å². The highest BCUT2D eigenvalue weighted by Gasteiger charge is 2.19. The number of hydrogen-bond acceptors (Lipinski definition) is 6. The van der Waals surface area contributed by atoms with Gasteiger partial charge in [-0.05, 0) is 29.8 Å². The van der Waals surface area contributed by atoms with Crippen molar-refractivity contribution in [2.75, 3.05) is 31.6 Å². The van der Waals surface area contributed by atoms with E-state index < -0.39 is 0 Å². The maximum absolute atomic E-state index is 12.4. The smallest absolute Gasteiger partial charge is 0.257 e. The van der Waals surface area contributed by atoms with Crippen LogP contribution in [0.2, 0.25) is 0 Å². The first-order chi connectivity index (χ1) is 14.3. The molecule has 1 amide bonds. The minimum Gasteiger partial charge on any atom is -0.489 e. The van der Waals surface area contributed by atoms with Crippen molar-refractivity contribution in [3.8, 4) is 5.75 Å². The molecular weight excluding hydrogens is 368 g/mol. The molecule has 1 N–H and O–H groups in total. The van der Waals surface area contributed by atoms with Gasteiger partial charge in [0.15, 0.2) is 0 Å². The second kappa shape index (κ2) is 9.16. The molecule has 0 bridgehead atoms. The summed E-state index contributed by atoms with van der Waals surface area (Å²) in [6.07, 6.45) is 3.09. The van der Waals surface area contributed by atoms with Crippen molar-refractivity contribution >= 4 is 17.5 Å². The number of rotatable bonds is 6. The van der Waals surface area contributed by atoms with Crippen LogP contribution in [0, 0.1) is 0 Å². The summed E-state index contributed by atoms with van der Waals surface area (Å²) in [5.41, 5.74) is 2.43. The third-order valence-corrected chi connectivity index (χ3v) is 4.56. The summed E-state index contributed by atoms with van der Waals surface area (Å²) < 4.78 is 11.1. The van der Waals surface area contributed by atoms with E-state index in [1.807, 2.05) is 54.6 Å². The van der Waals surface area contributed by atoms with Crippen LogP contribution in [-0.2, 0) is 11.3 Å². The zero-order chi connectivity index (χ0) is 19.9. The minimum atomic E-state index is -0.0697. The average molecular weight is 390 g/mol. The second-order valence-electron chi connectivity index (χ2n) is 6.62. The Bertz CT molecular complexity index is 925. The van der Waals surface area contributed by atoms with Gasteiger partial charge in [-0.1, -0.05) is 30.3 Å². The molecule has 148 valence electrons. The summed E-state index contributed by atoms with van der Waals surface area (Å²) in [7, 11) is 0. The molecule has 1 aliphatic rings. The number of hydrogen-bond donors (Lipinski definition) is 1. The number of nitrogens with zero attached hydrogens (tertiary/aromatic N) is 3. The standard InChI is InChI=1S/C22H22N4O3/c27-21(26-10-12-28-13-11-26)18-14-23-22(24-15-18)25-19-6-8-20(9-7-19)29-16-17-4-2-1-3-5-17/h1-9,14-15H,10-13,16H2,(H,23,24,25). The molecule has 1 aromatic heterocycles. The van der Waals surface area contributed by atoms with Gasteiger partial charge in [-0.2, -0.15) is 0 Å². The fourth-order valence-electron chi connectivity index (χ4n) is 2.96. The van der Waals surface area contributed by atoms with E-state index >= 15 is 0 Å². The van der Waals surface area contributed by atoms with E-state index in [1.54, 1.807) is 17.3 Å². The molecule has 1 fully saturated rings. The molecule has 4 rings (SSSR count). The van der Waals surface area contributed by atoms with E-state index in [1.165, 1.54) is 0 Å². The highest BCUT2D eigenvalue weighted by Crippen LogP contribution is 2.19. The Kier molecular flexibility index (Phi) is 5.97. The van der Waals surface area contributed by atoms with Gasteiger partial charge in [-0.25, -0.2) is 9.97 Å². The quantitative estimate of drug-likeness (QED) is 0.696. The fourth-order valence-corrected chi connectivity index (χ4v) is 2.96. The molecule has 0 radical (unpaired) electrons. The summed E-state index contributed by atoms with van der Waals surface area (Å²) in [6.45, 7) is 2.85. The number of anilines is 2. The second-order valence-corrected chi connectivity index (χ2v) is 6.62. The molecule has 7 nitrogen and oxygen atoms in total. The number of ether oxygens (including phenoxy) is 2. The average Bonchev–Trinajstić information content (AvgIpc) is 2.80. The molecule has 0 aliphatic carbocycles. The van der Waals surface area contributed by atoms with Gasteiger partial charge in [0, 0.05) is 31.2 Å². The molecular formula is C22H22N4O3. The van der Waals surface area contributed by atoms with Crippen LogP contribution in [0.25, 0.3) is 0 Å². The number of morpholine rings is 1. The summed E-state index contributed by atoms with van der Waals surface area (Å²) in [6, 6.07) is 17.6. The van der Waals surface area contributed by atoms with Crippen LogP contribution in [0.4, 0.5) is 11.6 Å². The number of carbonyl (C=O) groups is 1. The van der Waals surface area contributed by atoms with Crippen LogP contribution in [0.1, 0.15) is 15.9 Å². The van der Waals surface area contributed by atoms with Gasteiger partial charge in [-0.3, -0.25) is 4.79 Å². The maximum atomic E-state index is 12.4. The molecule has 1 aliphatic heterocycles. The van der Waals surface area contributed by atoms with Crippen molar-refractivity contribution in [3.63, 3.8) is 0 Å². The van der Waals surface area contributed by atoms with E-state index in [-0.39, 0.29) is 5.91 Å². The Morgan fingerprint density at radius 3 is 2.38 bits per heavy atom. The van der Waals surface area contributed by atoms with Gasteiger partial charge in [0.25, 0.3) is 5.91 Å². The lowest BCUT2D eigenvalue weighted by molar-refractivity contribution is 0.0302. The number of benzene rings is 2. The van der Waals surface area contributed by atoms with Gasteiger partial charge < -0.3 is 19.7 Å². The zero-order valence-corrected chi connectivity index (χ0v) is 16.0. The third-order valence-electron chi connectivity index (χ3n) is 4.56. The normalized spacial score (nSPS) is 13.7. The number of aromatic nitrogens is 2. The Morgan fingerprint density at radius 1 is 1.00 bits per heavy atom. The van der Waals surface area contributed by atoms with Gasteiger partial charge in [0.1, 0.15) is 12.4 Å². The summed E-state index contributed by atoms with van der Waals surface area (Å²) >= 11 is 0. The SMILES string of the molecule is O=C(c1cnc(Nc2ccc(OCc3ccccc3)cc2)nc1)N1CCOCC1. The largest absolute Gasteiger partial charge is 0.489 e. The van der Waals surface area contributed by atoms with E-state index in [2.05, 4.69) is 15.3 Å². The topological polar surface area (TPSA) is 76.6 Å². The number of amides is 1. The molecule has 7 heteroatoms.